The Kier molecular flexibility index (Phi) is 4.47. The number of nitrogens with zero attached hydrogens (tertiary/aromatic N) is 1. The largest absolute Gasteiger partial charge is 0.495 e. The van der Waals surface area contributed by atoms with Gasteiger partial charge in [-0.2, -0.15) is 13.2 Å². The van der Waals surface area contributed by atoms with Crippen molar-refractivity contribution in [3.63, 3.8) is 0 Å². The number of alkyl halides is 3. The van der Waals surface area contributed by atoms with Crippen molar-refractivity contribution < 1.29 is 23.0 Å². The molecule has 1 atom stereocenters. The normalized spacial score (nSPS) is 13.0. The number of hydrogen-bond acceptors (Lipinski definition) is 3. The molecule has 0 aliphatic heterocycles. The second kappa shape index (κ2) is 6.13. The molecule has 1 aromatic carbocycles. The molecule has 0 radical (unpaired) electrons. The van der Waals surface area contributed by atoms with Crippen LogP contribution in [0.1, 0.15) is 22.9 Å². The lowest BCUT2D eigenvalue weighted by atomic mass is 10.0. The van der Waals surface area contributed by atoms with E-state index in [1.807, 2.05) is 0 Å². The third-order valence-corrected chi connectivity index (χ3v) is 3.05. The summed E-state index contributed by atoms with van der Waals surface area (Å²) in [4.78, 5) is 4.05. The second-order valence-corrected chi connectivity index (χ2v) is 4.51. The van der Waals surface area contributed by atoms with Gasteiger partial charge in [0.2, 0.25) is 0 Å². The van der Waals surface area contributed by atoms with Gasteiger partial charge in [0, 0.05) is 12.6 Å². The summed E-state index contributed by atoms with van der Waals surface area (Å²) in [5.41, 5.74) is 0.235. The summed E-state index contributed by atoms with van der Waals surface area (Å²) in [5.74, 6) is 0.442. The molecule has 3 nitrogen and oxygen atoms in total. The fraction of sp³-hybridized carbons (Fsp3) is 0.267. The molecule has 0 aliphatic carbocycles. The molecule has 1 unspecified atom stereocenters. The summed E-state index contributed by atoms with van der Waals surface area (Å²) in [6.45, 7) is 0. The Morgan fingerprint density at radius 2 is 1.86 bits per heavy atom. The fourth-order valence-corrected chi connectivity index (χ4v) is 1.98. The monoisotopic (exact) mass is 297 g/mol. The number of benzene rings is 1. The first-order valence-corrected chi connectivity index (χ1v) is 6.25. The Morgan fingerprint density at radius 1 is 1.19 bits per heavy atom. The van der Waals surface area contributed by atoms with Gasteiger partial charge in [-0.25, -0.2) is 0 Å². The van der Waals surface area contributed by atoms with Crippen LogP contribution in [0.5, 0.6) is 5.75 Å². The highest BCUT2D eigenvalue weighted by Gasteiger charge is 2.30. The van der Waals surface area contributed by atoms with Crippen LogP contribution in [0.25, 0.3) is 0 Å². The molecular formula is C15H14F3NO2. The molecule has 1 heterocycles. The molecular weight excluding hydrogens is 283 g/mol. The third-order valence-electron chi connectivity index (χ3n) is 3.05. The molecule has 2 aromatic rings. The molecule has 0 saturated carbocycles. The van der Waals surface area contributed by atoms with Gasteiger partial charge in [0.1, 0.15) is 17.5 Å². The van der Waals surface area contributed by atoms with Crippen LogP contribution < -0.4 is 4.74 Å². The van der Waals surface area contributed by atoms with Gasteiger partial charge in [-0.1, -0.05) is 12.1 Å². The maximum Gasteiger partial charge on any atom is 0.416 e. The molecule has 0 bridgehead atoms. The first-order valence-electron chi connectivity index (χ1n) is 6.25. The Hall–Kier alpha value is -2.08. The molecule has 1 N–H and O–H groups in total. The van der Waals surface area contributed by atoms with Crippen molar-refractivity contribution in [2.45, 2.75) is 18.7 Å². The van der Waals surface area contributed by atoms with Crippen LogP contribution in [0.3, 0.4) is 0 Å². The predicted octanol–water partition coefficient (Wildman–Crippen LogP) is 3.39. The average Bonchev–Trinajstić information content (AvgIpc) is 2.46. The molecule has 2 rings (SSSR count). The van der Waals surface area contributed by atoms with Crippen LogP contribution in [-0.2, 0) is 12.6 Å². The molecule has 0 aliphatic rings. The van der Waals surface area contributed by atoms with Crippen LogP contribution in [0, 0.1) is 0 Å². The van der Waals surface area contributed by atoms with Gasteiger partial charge in [-0.3, -0.25) is 4.98 Å². The number of pyridine rings is 1. The molecule has 0 spiro atoms. The lowest BCUT2D eigenvalue weighted by Gasteiger charge is -2.14. The minimum atomic E-state index is -4.36. The fourth-order valence-electron chi connectivity index (χ4n) is 1.98. The van der Waals surface area contributed by atoms with E-state index in [2.05, 4.69) is 4.98 Å². The van der Waals surface area contributed by atoms with Gasteiger partial charge >= 0.3 is 6.18 Å². The van der Waals surface area contributed by atoms with E-state index in [0.29, 0.717) is 17.0 Å². The van der Waals surface area contributed by atoms with E-state index in [1.165, 1.54) is 25.4 Å². The highest BCUT2D eigenvalue weighted by molar-refractivity contribution is 5.31. The van der Waals surface area contributed by atoms with Crippen molar-refractivity contribution in [2.75, 3.05) is 7.11 Å². The lowest BCUT2D eigenvalue weighted by molar-refractivity contribution is -0.137. The molecule has 1 aromatic heterocycles. The van der Waals surface area contributed by atoms with Crippen molar-refractivity contribution >= 4 is 0 Å². The van der Waals surface area contributed by atoms with Gasteiger partial charge in [0.15, 0.2) is 0 Å². The van der Waals surface area contributed by atoms with Crippen LogP contribution in [0.15, 0.2) is 42.6 Å². The van der Waals surface area contributed by atoms with E-state index < -0.39 is 17.8 Å². The summed E-state index contributed by atoms with van der Waals surface area (Å²) in [7, 11) is 1.46. The van der Waals surface area contributed by atoms with Gasteiger partial charge in [0.05, 0.1) is 12.7 Å². The van der Waals surface area contributed by atoms with Gasteiger partial charge in [0.25, 0.3) is 0 Å². The Bertz CT molecular complexity index is 597. The molecule has 6 heteroatoms. The topological polar surface area (TPSA) is 42.4 Å². The molecule has 112 valence electrons. The van der Waals surface area contributed by atoms with E-state index in [1.54, 1.807) is 12.1 Å². The lowest BCUT2D eigenvalue weighted by Crippen LogP contribution is -2.08. The first kappa shape index (κ1) is 15.3. The Labute approximate surface area is 120 Å². The van der Waals surface area contributed by atoms with Crippen LogP contribution in [0.2, 0.25) is 0 Å². The van der Waals surface area contributed by atoms with Gasteiger partial charge < -0.3 is 9.84 Å². The zero-order valence-electron chi connectivity index (χ0n) is 11.3. The summed E-state index contributed by atoms with van der Waals surface area (Å²) >= 11 is 0. The zero-order chi connectivity index (χ0) is 15.5. The maximum atomic E-state index is 12.5. The number of aliphatic hydroxyl groups excluding tert-OH is 1. The van der Waals surface area contributed by atoms with Gasteiger partial charge in [-0.15, -0.1) is 0 Å². The van der Waals surface area contributed by atoms with E-state index in [-0.39, 0.29) is 6.42 Å². The van der Waals surface area contributed by atoms with Crippen LogP contribution in [0.4, 0.5) is 13.2 Å². The first-order chi connectivity index (χ1) is 9.91. The summed E-state index contributed by atoms with van der Waals surface area (Å²) in [6.07, 6.45) is -3.63. The molecule has 21 heavy (non-hydrogen) atoms. The molecule has 0 fully saturated rings. The second-order valence-electron chi connectivity index (χ2n) is 4.51. The van der Waals surface area contributed by atoms with Crippen LogP contribution >= 0.6 is 0 Å². The minimum Gasteiger partial charge on any atom is -0.495 e. The summed E-state index contributed by atoms with van der Waals surface area (Å²) in [6, 6.07) is 8.03. The SMILES string of the molecule is COc1cccnc1C(O)Cc1ccc(C(F)(F)F)cc1. The quantitative estimate of drug-likeness (QED) is 0.940. The average molecular weight is 297 g/mol. The van der Waals surface area contributed by atoms with Crippen molar-refractivity contribution in [3.05, 3.63) is 59.4 Å². The number of rotatable bonds is 4. The van der Waals surface area contributed by atoms with E-state index >= 15 is 0 Å². The van der Waals surface area contributed by atoms with Crippen molar-refractivity contribution in [2.24, 2.45) is 0 Å². The van der Waals surface area contributed by atoms with E-state index in [4.69, 9.17) is 4.74 Å². The number of halogens is 3. The number of aromatic nitrogens is 1. The molecule has 0 saturated heterocycles. The van der Waals surface area contributed by atoms with E-state index in [9.17, 15) is 18.3 Å². The highest BCUT2D eigenvalue weighted by atomic mass is 19.4. The van der Waals surface area contributed by atoms with Crippen LogP contribution in [-0.4, -0.2) is 17.2 Å². The summed E-state index contributed by atoms with van der Waals surface area (Å²) < 4.78 is 42.5. The number of hydrogen-bond donors (Lipinski definition) is 1. The summed E-state index contributed by atoms with van der Waals surface area (Å²) in [5, 5.41) is 10.2. The Morgan fingerprint density at radius 3 is 2.43 bits per heavy atom. The standard InChI is InChI=1S/C15H14F3NO2/c1-21-13-3-2-8-19-14(13)12(20)9-10-4-6-11(7-5-10)15(16,17)18/h2-8,12,20H,9H2,1H3. The zero-order valence-corrected chi connectivity index (χ0v) is 11.3. The predicted molar refractivity (Wildman–Crippen MR) is 70.9 cm³/mol. The van der Waals surface area contributed by atoms with Gasteiger partial charge in [-0.05, 0) is 29.8 Å². The van der Waals surface area contributed by atoms with E-state index in [0.717, 1.165) is 12.1 Å². The smallest absolute Gasteiger partial charge is 0.416 e. The van der Waals surface area contributed by atoms with Crippen molar-refractivity contribution in [1.29, 1.82) is 0 Å². The molecule has 0 amide bonds. The maximum absolute atomic E-state index is 12.5. The Balaban J connectivity index is 2.14. The number of ether oxygens (including phenoxy) is 1. The number of methoxy groups -OCH3 is 1. The van der Waals surface area contributed by atoms with Crippen molar-refractivity contribution in [1.82, 2.24) is 4.98 Å². The highest BCUT2D eigenvalue weighted by Crippen LogP contribution is 2.30. The number of aliphatic hydroxyl groups is 1. The minimum absolute atomic E-state index is 0.158. The third kappa shape index (κ3) is 3.72. The van der Waals surface area contributed by atoms with Crippen molar-refractivity contribution in [3.8, 4) is 5.75 Å².